The Morgan fingerprint density at radius 2 is 2.09 bits per heavy atom. The first-order valence-corrected chi connectivity index (χ1v) is 8.16. The van der Waals surface area contributed by atoms with Gasteiger partial charge in [-0.15, -0.1) is 5.10 Å². The number of hydrogen-bond acceptors (Lipinski definition) is 5. The standard InChI is InChI=1S/C16H20N4O2S/c1-9(2)19-20-16-18-15(22)13(23-16)8-14(21)17-12-7-10(3)5-6-11(12)4/h5-7,13H,8H2,1-4H3,(H,17,21)(H,18,20,22)/t13-/m0/s1. The fourth-order valence-corrected chi connectivity index (χ4v) is 2.89. The summed E-state index contributed by atoms with van der Waals surface area (Å²) in [5.41, 5.74) is 3.63. The second kappa shape index (κ2) is 7.41. The van der Waals surface area contributed by atoms with Crippen molar-refractivity contribution < 1.29 is 9.59 Å². The van der Waals surface area contributed by atoms with Crippen LogP contribution in [0.25, 0.3) is 0 Å². The molecule has 0 spiro atoms. The fraction of sp³-hybridized carbons (Fsp3) is 0.375. The highest BCUT2D eigenvalue weighted by molar-refractivity contribution is 8.15. The Balaban J connectivity index is 1.98. The smallest absolute Gasteiger partial charge is 0.240 e. The van der Waals surface area contributed by atoms with Gasteiger partial charge in [-0.2, -0.15) is 5.10 Å². The largest absolute Gasteiger partial charge is 0.326 e. The summed E-state index contributed by atoms with van der Waals surface area (Å²) in [5, 5.41) is 13.3. The molecule has 1 fully saturated rings. The zero-order valence-electron chi connectivity index (χ0n) is 13.6. The summed E-state index contributed by atoms with van der Waals surface area (Å²) in [5.74, 6) is -0.406. The van der Waals surface area contributed by atoms with Gasteiger partial charge >= 0.3 is 0 Å². The van der Waals surface area contributed by atoms with E-state index >= 15 is 0 Å². The lowest BCUT2D eigenvalue weighted by Gasteiger charge is -2.10. The molecule has 1 heterocycles. The van der Waals surface area contributed by atoms with Crippen LogP contribution < -0.4 is 10.6 Å². The minimum Gasteiger partial charge on any atom is -0.326 e. The maximum Gasteiger partial charge on any atom is 0.240 e. The summed E-state index contributed by atoms with van der Waals surface area (Å²) in [4.78, 5) is 24.1. The Morgan fingerprint density at radius 3 is 2.78 bits per heavy atom. The summed E-state index contributed by atoms with van der Waals surface area (Å²) in [6, 6.07) is 5.86. The highest BCUT2D eigenvalue weighted by Crippen LogP contribution is 2.24. The lowest BCUT2D eigenvalue weighted by Crippen LogP contribution is -2.28. The quantitative estimate of drug-likeness (QED) is 0.657. The van der Waals surface area contributed by atoms with Crippen LogP contribution in [0.4, 0.5) is 5.69 Å². The van der Waals surface area contributed by atoms with Crippen molar-refractivity contribution in [1.29, 1.82) is 0 Å². The third kappa shape index (κ3) is 4.92. The Kier molecular flexibility index (Phi) is 5.54. The lowest BCUT2D eigenvalue weighted by molar-refractivity contribution is -0.122. The fourth-order valence-electron chi connectivity index (χ4n) is 1.97. The van der Waals surface area contributed by atoms with Crippen LogP contribution in [0.3, 0.4) is 0 Å². The molecular formula is C16H20N4O2S. The molecule has 1 aliphatic heterocycles. The Labute approximate surface area is 139 Å². The van der Waals surface area contributed by atoms with E-state index in [-0.39, 0.29) is 18.2 Å². The minimum absolute atomic E-state index is 0.0950. The highest BCUT2D eigenvalue weighted by Gasteiger charge is 2.32. The predicted molar refractivity (Wildman–Crippen MR) is 94.9 cm³/mol. The molecule has 122 valence electrons. The monoisotopic (exact) mass is 332 g/mol. The number of amidine groups is 1. The number of rotatable bonds is 4. The number of amides is 2. The van der Waals surface area contributed by atoms with Gasteiger partial charge in [0.2, 0.25) is 11.8 Å². The van der Waals surface area contributed by atoms with Gasteiger partial charge in [-0.1, -0.05) is 23.9 Å². The van der Waals surface area contributed by atoms with Crippen molar-refractivity contribution in [2.75, 3.05) is 5.32 Å². The van der Waals surface area contributed by atoms with Crippen LogP contribution in [-0.4, -0.2) is 27.9 Å². The number of carbonyl (C=O) groups is 2. The number of aryl methyl sites for hydroxylation is 2. The van der Waals surface area contributed by atoms with Crippen LogP contribution in [0.5, 0.6) is 0 Å². The van der Waals surface area contributed by atoms with Crippen molar-refractivity contribution >= 4 is 40.1 Å². The molecule has 0 aromatic heterocycles. The van der Waals surface area contributed by atoms with Gasteiger partial charge < -0.3 is 10.6 Å². The summed E-state index contributed by atoms with van der Waals surface area (Å²) >= 11 is 1.23. The molecular weight excluding hydrogens is 312 g/mol. The summed E-state index contributed by atoms with van der Waals surface area (Å²) in [7, 11) is 0. The minimum atomic E-state index is -0.480. The highest BCUT2D eigenvalue weighted by atomic mass is 32.2. The number of carbonyl (C=O) groups excluding carboxylic acids is 2. The topological polar surface area (TPSA) is 82.9 Å². The summed E-state index contributed by atoms with van der Waals surface area (Å²) < 4.78 is 0. The van der Waals surface area contributed by atoms with Crippen molar-refractivity contribution in [3.63, 3.8) is 0 Å². The molecule has 1 aromatic rings. The lowest BCUT2D eigenvalue weighted by atomic mass is 10.1. The normalized spacial score (nSPS) is 18.7. The zero-order valence-corrected chi connectivity index (χ0v) is 14.5. The summed E-state index contributed by atoms with van der Waals surface area (Å²) in [6.07, 6.45) is 0.0950. The van der Waals surface area contributed by atoms with Gasteiger partial charge in [0.15, 0.2) is 5.17 Å². The maximum atomic E-state index is 12.2. The van der Waals surface area contributed by atoms with Crippen molar-refractivity contribution in [3.8, 4) is 0 Å². The summed E-state index contributed by atoms with van der Waals surface area (Å²) in [6.45, 7) is 7.54. The molecule has 2 rings (SSSR count). The average molecular weight is 332 g/mol. The van der Waals surface area contributed by atoms with E-state index in [4.69, 9.17) is 0 Å². The van der Waals surface area contributed by atoms with E-state index in [0.29, 0.717) is 5.17 Å². The third-order valence-corrected chi connectivity index (χ3v) is 4.23. The zero-order chi connectivity index (χ0) is 17.0. The van der Waals surface area contributed by atoms with Crippen molar-refractivity contribution in [2.24, 2.45) is 10.2 Å². The number of hydrogen-bond donors (Lipinski definition) is 2. The molecule has 2 amide bonds. The van der Waals surface area contributed by atoms with E-state index in [1.54, 1.807) is 0 Å². The van der Waals surface area contributed by atoms with Gasteiger partial charge in [0.05, 0.1) is 0 Å². The van der Waals surface area contributed by atoms with Crippen LogP contribution in [0.15, 0.2) is 28.4 Å². The molecule has 1 saturated heterocycles. The number of benzene rings is 1. The SMILES string of the molecule is CC(C)=N/N=C1\NC(=O)[C@H](CC(=O)Nc2cc(C)ccc2C)S1. The van der Waals surface area contributed by atoms with Crippen molar-refractivity contribution in [2.45, 2.75) is 39.4 Å². The second-order valence-electron chi connectivity index (χ2n) is 5.62. The van der Waals surface area contributed by atoms with Crippen LogP contribution >= 0.6 is 11.8 Å². The molecule has 1 aromatic carbocycles. The van der Waals surface area contributed by atoms with Gasteiger partial charge in [-0.3, -0.25) is 9.59 Å². The van der Waals surface area contributed by atoms with Gasteiger partial charge in [0.1, 0.15) is 5.25 Å². The number of nitrogens with zero attached hydrogens (tertiary/aromatic N) is 2. The van der Waals surface area contributed by atoms with Gasteiger partial charge in [-0.05, 0) is 44.9 Å². The van der Waals surface area contributed by atoms with Crippen molar-refractivity contribution in [3.05, 3.63) is 29.3 Å². The molecule has 0 bridgehead atoms. The molecule has 6 nitrogen and oxygen atoms in total. The van der Waals surface area contributed by atoms with E-state index in [2.05, 4.69) is 20.8 Å². The number of anilines is 1. The van der Waals surface area contributed by atoms with Crippen LogP contribution in [0, 0.1) is 13.8 Å². The molecule has 23 heavy (non-hydrogen) atoms. The Morgan fingerprint density at radius 1 is 1.35 bits per heavy atom. The first-order valence-electron chi connectivity index (χ1n) is 7.28. The number of thioether (sulfide) groups is 1. The Hall–Kier alpha value is -2.15. The molecule has 2 N–H and O–H groups in total. The van der Waals surface area contributed by atoms with Crippen molar-refractivity contribution in [1.82, 2.24) is 5.32 Å². The molecule has 0 radical (unpaired) electrons. The van der Waals surface area contributed by atoms with E-state index < -0.39 is 5.25 Å². The van der Waals surface area contributed by atoms with Gasteiger partial charge in [0, 0.05) is 17.8 Å². The van der Waals surface area contributed by atoms with Crippen LogP contribution in [0.2, 0.25) is 0 Å². The van der Waals surface area contributed by atoms with Crippen LogP contribution in [0.1, 0.15) is 31.4 Å². The molecule has 1 atom stereocenters. The molecule has 7 heteroatoms. The molecule has 1 aliphatic rings. The Bertz CT molecular complexity index is 693. The predicted octanol–water partition coefficient (Wildman–Crippen LogP) is 2.62. The molecule has 0 saturated carbocycles. The van der Waals surface area contributed by atoms with Crippen LogP contribution in [-0.2, 0) is 9.59 Å². The first-order chi connectivity index (χ1) is 10.8. The third-order valence-electron chi connectivity index (χ3n) is 3.16. The van der Waals surface area contributed by atoms with Gasteiger partial charge in [0.25, 0.3) is 0 Å². The molecule has 0 aliphatic carbocycles. The maximum absolute atomic E-state index is 12.2. The van der Waals surface area contributed by atoms with E-state index in [9.17, 15) is 9.59 Å². The molecule has 0 unspecified atom stereocenters. The second-order valence-corrected chi connectivity index (χ2v) is 6.81. The van der Waals surface area contributed by atoms with E-state index in [0.717, 1.165) is 22.5 Å². The number of nitrogens with one attached hydrogen (secondary N) is 2. The first kappa shape index (κ1) is 17.2. The van der Waals surface area contributed by atoms with Gasteiger partial charge in [-0.25, -0.2) is 0 Å². The van der Waals surface area contributed by atoms with E-state index in [1.807, 2.05) is 45.9 Å². The van der Waals surface area contributed by atoms with E-state index in [1.165, 1.54) is 11.8 Å². The average Bonchev–Trinajstić information content (AvgIpc) is 2.81.